The van der Waals surface area contributed by atoms with Crippen LogP contribution in [0.25, 0.3) is 11.5 Å². The molecule has 0 radical (unpaired) electrons. The molecular weight excluding hydrogens is 350 g/mol. The summed E-state index contributed by atoms with van der Waals surface area (Å²) in [6.45, 7) is 2.98. The lowest BCUT2D eigenvalue weighted by Gasteiger charge is -2.22. The van der Waals surface area contributed by atoms with Gasteiger partial charge in [-0.15, -0.1) is 0 Å². The molecule has 0 aliphatic carbocycles. The number of rotatable bonds is 4. The number of oxazole rings is 1. The highest BCUT2D eigenvalue weighted by molar-refractivity contribution is 5.55. The molecule has 1 saturated heterocycles. The molecule has 26 heavy (non-hydrogen) atoms. The smallest absolute Gasteiger partial charge is 0.419 e. The van der Waals surface area contributed by atoms with E-state index >= 15 is 0 Å². The minimum atomic E-state index is -4.77. The highest BCUT2D eigenvalue weighted by Gasteiger charge is 2.34. The lowest BCUT2D eigenvalue weighted by Crippen LogP contribution is -2.31. The first-order chi connectivity index (χ1) is 12.4. The first kappa shape index (κ1) is 18.8. The van der Waals surface area contributed by atoms with E-state index in [1.54, 1.807) is 0 Å². The lowest BCUT2D eigenvalue weighted by atomic mass is 10.0. The first-order valence-corrected chi connectivity index (χ1v) is 8.60. The van der Waals surface area contributed by atoms with Gasteiger partial charge in [0.1, 0.15) is 12.1 Å². The standard InChI is InChI=1S/C18H21F4N3O/c19-16-5-4-13(7-15(16)18(20,21)22)17-24-14(11-26-17)10-25-6-2-1-3-12(8-23)9-25/h4-5,7,11-12H,1-3,6,8-10,23H2. The lowest BCUT2D eigenvalue weighted by molar-refractivity contribution is -0.139. The SMILES string of the molecule is NCC1CCCCN(Cc2coc(-c3ccc(F)c(C(F)(F)F)c3)n2)C1. The Kier molecular flexibility index (Phi) is 5.62. The van der Waals surface area contributed by atoms with Gasteiger partial charge in [0.05, 0.1) is 11.3 Å². The Morgan fingerprint density at radius 3 is 2.81 bits per heavy atom. The number of alkyl halides is 3. The van der Waals surface area contributed by atoms with Crippen molar-refractivity contribution in [3.63, 3.8) is 0 Å². The van der Waals surface area contributed by atoms with Gasteiger partial charge in [0.2, 0.25) is 5.89 Å². The number of nitrogens with zero attached hydrogens (tertiary/aromatic N) is 2. The first-order valence-electron chi connectivity index (χ1n) is 8.60. The third-order valence-corrected chi connectivity index (χ3v) is 4.64. The van der Waals surface area contributed by atoms with Crippen LogP contribution in [-0.4, -0.2) is 29.5 Å². The third kappa shape index (κ3) is 4.42. The van der Waals surface area contributed by atoms with Crippen LogP contribution in [0.4, 0.5) is 17.6 Å². The zero-order valence-electron chi connectivity index (χ0n) is 14.2. The van der Waals surface area contributed by atoms with Gasteiger partial charge in [0.25, 0.3) is 0 Å². The summed E-state index contributed by atoms with van der Waals surface area (Å²) in [5.74, 6) is -0.823. The summed E-state index contributed by atoms with van der Waals surface area (Å²) in [6, 6.07) is 2.74. The van der Waals surface area contributed by atoms with Crippen molar-refractivity contribution in [3.8, 4) is 11.5 Å². The Morgan fingerprint density at radius 1 is 1.27 bits per heavy atom. The second kappa shape index (κ2) is 7.75. The van der Waals surface area contributed by atoms with Crippen molar-refractivity contribution >= 4 is 0 Å². The van der Waals surface area contributed by atoms with Crippen LogP contribution >= 0.6 is 0 Å². The molecule has 0 amide bonds. The number of hydrogen-bond acceptors (Lipinski definition) is 4. The van der Waals surface area contributed by atoms with Crippen molar-refractivity contribution in [2.75, 3.05) is 19.6 Å². The predicted octanol–water partition coefficient (Wildman–Crippen LogP) is 4.06. The van der Waals surface area contributed by atoms with Crippen LogP contribution in [-0.2, 0) is 12.7 Å². The summed E-state index contributed by atoms with van der Waals surface area (Å²) >= 11 is 0. The molecule has 1 aliphatic heterocycles. The second-order valence-corrected chi connectivity index (χ2v) is 6.67. The summed E-state index contributed by atoms with van der Waals surface area (Å²) in [5, 5.41) is 0. The van der Waals surface area contributed by atoms with Crippen LogP contribution in [0, 0.1) is 11.7 Å². The fraction of sp³-hybridized carbons (Fsp3) is 0.500. The van der Waals surface area contributed by atoms with Gasteiger partial charge in [0, 0.05) is 18.7 Å². The Labute approximate surface area is 149 Å². The van der Waals surface area contributed by atoms with E-state index in [9.17, 15) is 17.6 Å². The van der Waals surface area contributed by atoms with Crippen LogP contribution in [0.1, 0.15) is 30.5 Å². The number of aromatic nitrogens is 1. The summed E-state index contributed by atoms with van der Waals surface area (Å²) in [7, 11) is 0. The van der Waals surface area contributed by atoms with E-state index in [1.165, 1.54) is 12.3 Å². The average molecular weight is 371 g/mol. The normalized spacial score (nSPS) is 19.5. The molecule has 1 fully saturated rings. The van der Waals surface area contributed by atoms with Gasteiger partial charge in [-0.1, -0.05) is 6.42 Å². The van der Waals surface area contributed by atoms with Crippen LogP contribution in [0.2, 0.25) is 0 Å². The molecule has 3 rings (SSSR count). The largest absolute Gasteiger partial charge is 0.444 e. The molecule has 2 N–H and O–H groups in total. The van der Waals surface area contributed by atoms with E-state index in [0.29, 0.717) is 24.7 Å². The summed E-state index contributed by atoms with van der Waals surface area (Å²) < 4.78 is 57.3. The molecule has 1 aliphatic rings. The molecule has 0 bridgehead atoms. The Balaban J connectivity index is 1.76. The Hall–Kier alpha value is -1.93. The zero-order valence-corrected chi connectivity index (χ0v) is 14.2. The minimum absolute atomic E-state index is 0.0516. The van der Waals surface area contributed by atoms with Crippen molar-refractivity contribution in [2.24, 2.45) is 11.7 Å². The third-order valence-electron chi connectivity index (χ3n) is 4.64. The highest BCUT2D eigenvalue weighted by Crippen LogP contribution is 2.34. The fourth-order valence-corrected chi connectivity index (χ4v) is 3.27. The Morgan fingerprint density at radius 2 is 2.08 bits per heavy atom. The van der Waals surface area contributed by atoms with Crippen LogP contribution in [0.15, 0.2) is 28.9 Å². The summed E-state index contributed by atoms with van der Waals surface area (Å²) in [5.41, 5.74) is 5.19. The summed E-state index contributed by atoms with van der Waals surface area (Å²) in [6.07, 6.45) is -0.00763. The van der Waals surface area contributed by atoms with Crippen molar-refractivity contribution in [2.45, 2.75) is 32.0 Å². The molecule has 2 heterocycles. The molecule has 2 aromatic rings. The number of likely N-dealkylation sites (tertiary alicyclic amines) is 1. The number of nitrogens with two attached hydrogens (primary N) is 1. The molecule has 0 spiro atoms. The van der Waals surface area contributed by atoms with E-state index in [1.807, 2.05) is 0 Å². The number of halogens is 4. The van der Waals surface area contributed by atoms with Gasteiger partial charge in [0.15, 0.2) is 0 Å². The second-order valence-electron chi connectivity index (χ2n) is 6.67. The minimum Gasteiger partial charge on any atom is -0.444 e. The van der Waals surface area contributed by atoms with Crippen molar-refractivity contribution < 1.29 is 22.0 Å². The van der Waals surface area contributed by atoms with Crippen LogP contribution in [0.3, 0.4) is 0 Å². The van der Waals surface area contributed by atoms with Gasteiger partial charge >= 0.3 is 6.18 Å². The topological polar surface area (TPSA) is 55.3 Å². The molecule has 8 heteroatoms. The number of benzene rings is 1. The maximum atomic E-state index is 13.4. The van der Waals surface area contributed by atoms with Gasteiger partial charge in [-0.05, 0) is 50.0 Å². The molecular formula is C18H21F4N3O. The van der Waals surface area contributed by atoms with Crippen LogP contribution < -0.4 is 5.73 Å². The fourth-order valence-electron chi connectivity index (χ4n) is 3.27. The molecule has 1 aromatic carbocycles. The van der Waals surface area contributed by atoms with E-state index < -0.39 is 17.6 Å². The predicted molar refractivity (Wildman–Crippen MR) is 88.6 cm³/mol. The molecule has 1 unspecified atom stereocenters. The molecule has 4 nitrogen and oxygen atoms in total. The van der Waals surface area contributed by atoms with Crippen molar-refractivity contribution in [3.05, 3.63) is 41.5 Å². The summed E-state index contributed by atoms with van der Waals surface area (Å²) in [4.78, 5) is 6.51. The van der Waals surface area contributed by atoms with Gasteiger partial charge in [-0.2, -0.15) is 13.2 Å². The van der Waals surface area contributed by atoms with Gasteiger partial charge in [-0.3, -0.25) is 4.90 Å². The monoisotopic (exact) mass is 371 g/mol. The quantitative estimate of drug-likeness (QED) is 0.824. The van der Waals surface area contributed by atoms with Crippen LogP contribution in [0.5, 0.6) is 0 Å². The Bertz CT molecular complexity index is 744. The van der Waals surface area contributed by atoms with Gasteiger partial charge in [-0.25, -0.2) is 9.37 Å². The number of hydrogen-bond donors (Lipinski definition) is 1. The maximum Gasteiger partial charge on any atom is 0.419 e. The average Bonchev–Trinajstić information content (AvgIpc) is 2.92. The molecule has 1 aromatic heterocycles. The van der Waals surface area contributed by atoms with Crippen molar-refractivity contribution in [1.29, 1.82) is 0 Å². The molecule has 142 valence electrons. The van der Waals surface area contributed by atoms with Gasteiger partial charge < -0.3 is 10.2 Å². The van der Waals surface area contributed by atoms with E-state index in [-0.39, 0.29) is 11.5 Å². The maximum absolute atomic E-state index is 13.4. The highest BCUT2D eigenvalue weighted by atomic mass is 19.4. The molecule has 1 atom stereocenters. The van der Waals surface area contributed by atoms with E-state index in [4.69, 9.17) is 10.2 Å². The van der Waals surface area contributed by atoms with E-state index in [2.05, 4.69) is 9.88 Å². The van der Waals surface area contributed by atoms with Crippen molar-refractivity contribution in [1.82, 2.24) is 9.88 Å². The molecule has 0 saturated carbocycles. The van der Waals surface area contributed by atoms with E-state index in [0.717, 1.165) is 44.5 Å². The zero-order chi connectivity index (χ0) is 18.7.